The first-order valence-electron chi connectivity index (χ1n) is 6.42. The fourth-order valence-electron chi connectivity index (χ4n) is 1.92. The molecular weight excluding hydrogens is 307 g/mol. The normalized spacial score (nSPS) is 11.3. The summed E-state index contributed by atoms with van der Waals surface area (Å²) in [5.41, 5.74) is 7.68. The molecule has 0 aliphatic heterocycles. The second-order valence-corrected chi connectivity index (χ2v) is 4.77. The molecule has 0 atom stereocenters. The van der Waals surface area contributed by atoms with Gasteiger partial charge >= 0.3 is 5.97 Å². The van der Waals surface area contributed by atoms with Crippen LogP contribution in [-0.4, -0.2) is 24.8 Å². The van der Waals surface area contributed by atoms with Crippen LogP contribution in [0.15, 0.2) is 47.5 Å². The van der Waals surface area contributed by atoms with Gasteiger partial charge in [-0.05, 0) is 41.5 Å². The maximum Gasteiger partial charge on any atom is 0.337 e. The van der Waals surface area contributed by atoms with E-state index >= 15 is 0 Å². The fourth-order valence-corrected chi connectivity index (χ4v) is 1.98. The van der Waals surface area contributed by atoms with E-state index in [1.165, 1.54) is 13.2 Å². The van der Waals surface area contributed by atoms with Gasteiger partial charge in [0, 0.05) is 0 Å². The van der Waals surface area contributed by atoms with Crippen LogP contribution in [0.25, 0.3) is 11.1 Å². The number of methoxy groups -OCH3 is 1. The lowest BCUT2D eigenvalue weighted by Crippen LogP contribution is -2.12. The quantitative estimate of drug-likeness (QED) is 0.406. The highest BCUT2D eigenvalue weighted by molar-refractivity contribution is 6.28. The predicted molar refractivity (Wildman–Crippen MR) is 85.2 cm³/mol. The number of hydrogen-bond donors (Lipinski definition) is 1. The molecule has 0 bridgehead atoms. The van der Waals surface area contributed by atoms with Gasteiger partial charge < -0.3 is 10.5 Å². The van der Waals surface area contributed by atoms with Gasteiger partial charge in [0.2, 0.25) is 0 Å². The molecule has 0 aromatic heterocycles. The summed E-state index contributed by atoms with van der Waals surface area (Å²) >= 11 is 5.57. The average Bonchev–Trinajstić information content (AvgIpc) is 2.54. The molecule has 0 aliphatic carbocycles. The van der Waals surface area contributed by atoms with Gasteiger partial charge in [-0.2, -0.15) is 0 Å². The van der Waals surface area contributed by atoms with Crippen LogP contribution in [0, 0.1) is 5.82 Å². The monoisotopic (exact) mass is 320 g/mol. The van der Waals surface area contributed by atoms with Gasteiger partial charge in [0.05, 0.1) is 24.2 Å². The summed E-state index contributed by atoms with van der Waals surface area (Å²) in [5.74, 6) is -0.634. The predicted octanol–water partition coefficient (Wildman–Crippen LogP) is 3.51. The third-order valence-corrected chi connectivity index (χ3v) is 3.20. The first-order chi connectivity index (χ1) is 10.5. The minimum Gasteiger partial charge on any atom is -0.465 e. The third kappa shape index (κ3) is 3.83. The number of carbonyl (C=O) groups is 1. The molecule has 0 spiro atoms. The van der Waals surface area contributed by atoms with Crippen molar-refractivity contribution in [2.24, 2.45) is 10.7 Å². The second kappa shape index (κ2) is 7.04. The van der Waals surface area contributed by atoms with Gasteiger partial charge in [-0.25, -0.2) is 14.2 Å². The van der Waals surface area contributed by atoms with Gasteiger partial charge in [-0.3, -0.25) is 0 Å². The Bertz CT molecular complexity index is 715. The molecule has 0 amide bonds. The minimum absolute atomic E-state index is 0.147. The van der Waals surface area contributed by atoms with Gasteiger partial charge in [-0.1, -0.05) is 12.1 Å². The molecular formula is C16H14ClFN2O2. The van der Waals surface area contributed by atoms with Crippen LogP contribution >= 0.6 is 11.6 Å². The van der Waals surface area contributed by atoms with Crippen molar-refractivity contribution in [3.05, 3.63) is 53.8 Å². The Balaban J connectivity index is 2.36. The number of alkyl halides is 1. The number of hydrogen-bond acceptors (Lipinski definition) is 3. The van der Waals surface area contributed by atoms with Crippen LogP contribution in [0.3, 0.4) is 0 Å². The molecule has 114 valence electrons. The maximum absolute atomic E-state index is 13.6. The van der Waals surface area contributed by atoms with E-state index in [4.69, 9.17) is 17.3 Å². The van der Waals surface area contributed by atoms with Crippen LogP contribution in [0.5, 0.6) is 0 Å². The summed E-state index contributed by atoms with van der Waals surface area (Å²) < 4.78 is 18.3. The van der Waals surface area contributed by atoms with Gasteiger partial charge in [-0.15, -0.1) is 11.6 Å². The third-order valence-electron chi connectivity index (χ3n) is 2.93. The number of halogens is 2. The Kier molecular flexibility index (Phi) is 5.12. The van der Waals surface area contributed by atoms with E-state index in [2.05, 4.69) is 9.73 Å². The molecule has 0 radical (unpaired) electrons. The lowest BCUT2D eigenvalue weighted by Gasteiger charge is -2.06. The topological polar surface area (TPSA) is 64.7 Å². The van der Waals surface area contributed by atoms with Crippen molar-refractivity contribution >= 4 is 29.1 Å². The van der Waals surface area contributed by atoms with E-state index in [-0.39, 0.29) is 11.4 Å². The largest absolute Gasteiger partial charge is 0.465 e. The van der Waals surface area contributed by atoms with Crippen molar-refractivity contribution in [1.82, 2.24) is 0 Å². The first-order valence-corrected chi connectivity index (χ1v) is 6.95. The first kappa shape index (κ1) is 16.0. The summed E-state index contributed by atoms with van der Waals surface area (Å²) in [6.45, 7) is 0. The number of amidine groups is 1. The number of carbonyl (C=O) groups excluding carboxylic acids is 1. The Morgan fingerprint density at radius 2 is 1.91 bits per heavy atom. The maximum atomic E-state index is 13.6. The summed E-state index contributed by atoms with van der Waals surface area (Å²) in [7, 11) is 1.25. The zero-order chi connectivity index (χ0) is 16.1. The van der Waals surface area contributed by atoms with Crippen LogP contribution < -0.4 is 5.73 Å². The van der Waals surface area contributed by atoms with Crippen molar-refractivity contribution in [2.45, 2.75) is 0 Å². The highest BCUT2D eigenvalue weighted by Crippen LogP contribution is 2.25. The highest BCUT2D eigenvalue weighted by atomic mass is 35.5. The smallest absolute Gasteiger partial charge is 0.337 e. The van der Waals surface area contributed by atoms with Gasteiger partial charge in [0.15, 0.2) is 0 Å². The van der Waals surface area contributed by atoms with Crippen LogP contribution in [0.4, 0.5) is 10.1 Å². The molecule has 2 aromatic carbocycles. The lowest BCUT2D eigenvalue weighted by molar-refractivity contribution is 0.0600. The summed E-state index contributed by atoms with van der Waals surface area (Å²) in [6.07, 6.45) is 0. The van der Waals surface area contributed by atoms with Crippen LogP contribution in [0.1, 0.15) is 10.4 Å². The van der Waals surface area contributed by atoms with Crippen LogP contribution in [0.2, 0.25) is 0 Å². The number of rotatable bonds is 4. The fraction of sp³-hybridized carbons (Fsp3) is 0.125. The SMILES string of the molecule is COC(=O)c1cc(F)cc(-c2ccc(N=C(N)CCl)cc2)c1. The molecule has 0 saturated heterocycles. The van der Waals surface area contributed by atoms with E-state index in [9.17, 15) is 9.18 Å². The summed E-state index contributed by atoms with van der Waals surface area (Å²) in [6, 6.07) is 11.0. The molecule has 0 unspecified atom stereocenters. The number of nitrogens with two attached hydrogens (primary N) is 1. The van der Waals surface area contributed by atoms with E-state index < -0.39 is 11.8 Å². The van der Waals surface area contributed by atoms with Crippen molar-refractivity contribution < 1.29 is 13.9 Å². The Morgan fingerprint density at radius 1 is 1.23 bits per heavy atom. The Hall–Kier alpha value is -2.40. The molecule has 2 aromatic rings. The van der Waals surface area contributed by atoms with E-state index in [0.29, 0.717) is 17.1 Å². The van der Waals surface area contributed by atoms with Crippen molar-refractivity contribution in [2.75, 3.05) is 13.0 Å². The van der Waals surface area contributed by atoms with Crippen molar-refractivity contribution in [3.8, 4) is 11.1 Å². The van der Waals surface area contributed by atoms with E-state index in [1.807, 2.05) is 0 Å². The highest BCUT2D eigenvalue weighted by Gasteiger charge is 2.10. The Labute approximate surface area is 132 Å². The van der Waals surface area contributed by atoms with Gasteiger partial charge in [0.25, 0.3) is 0 Å². The standard InChI is InChI=1S/C16H14ClFN2O2/c1-22-16(21)12-6-11(7-13(18)8-12)10-2-4-14(5-3-10)20-15(19)9-17/h2-8H,9H2,1H3,(H2,19,20). The number of aliphatic imine (C=N–C) groups is 1. The number of esters is 1. The zero-order valence-electron chi connectivity index (χ0n) is 11.8. The molecule has 2 N–H and O–H groups in total. The van der Waals surface area contributed by atoms with Crippen molar-refractivity contribution in [1.29, 1.82) is 0 Å². The molecule has 6 heteroatoms. The second-order valence-electron chi connectivity index (χ2n) is 4.50. The summed E-state index contributed by atoms with van der Waals surface area (Å²) in [5, 5.41) is 0. The lowest BCUT2D eigenvalue weighted by atomic mass is 10.0. The zero-order valence-corrected chi connectivity index (χ0v) is 12.6. The number of ether oxygens (including phenoxy) is 1. The van der Waals surface area contributed by atoms with Crippen molar-refractivity contribution in [3.63, 3.8) is 0 Å². The van der Waals surface area contributed by atoms with E-state index in [1.54, 1.807) is 30.3 Å². The average molecular weight is 321 g/mol. The summed E-state index contributed by atoms with van der Waals surface area (Å²) in [4.78, 5) is 15.6. The molecule has 0 aliphatic rings. The van der Waals surface area contributed by atoms with E-state index in [0.717, 1.165) is 11.6 Å². The number of nitrogens with zero attached hydrogens (tertiary/aromatic N) is 1. The number of benzene rings is 2. The molecule has 0 fully saturated rings. The molecule has 2 rings (SSSR count). The minimum atomic E-state index is -0.586. The molecule has 4 nitrogen and oxygen atoms in total. The van der Waals surface area contributed by atoms with Gasteiger partial charge in [0.1, 0.15) is 11.7 Å². The molecule has 22 heavy (non-hydrogen) atoms. The van der Waals surface area contributed by atoms with Crippen LogP contribution in [-0.2, 0) is 4.74 Å². The molecule has 0 saturated carbocycles. The Morgan fingerprint density at radius 3 is 2.50 bits per heavy atom. The molecule has 0 heterocycles.